The Balaban J connectivity index is 1.48. The van der Waals surface area contributed by atoms with Crippen LogP contribution < -0.4 is 0 Å². The van der Waals surface area contributed by atoms with Gasteiger partial charge in [-0.05, 0) is 49.6 Å². The van der Waals surface area contributed by atoms with Gasteiger partial charge in [-0.2, -0.15) is 0 Å². The van der Waals surface area contributed by atoms with Crippen LogP contribution in [0.4, 0.5) is 0 Å². The minimum Gasteiger partial charge on any atom is -0.451 e. The van der Waals surface area contributed by atoms with Crippen LogP contribution in [0.15, 0.2) is 57.8 Å². The first-order valence-electron chi connectivity index (χ1n) is 10.3. The molecular formula is C23H22ClNO4S2. The molecule has 5 nitrogen and oxygen atoms in total. The monoisotopic (exact) mass is 475 g/mol. The van der Waals surface area contributed by atoms with Gasteiger partial charge < -0.3 is 9.32 Å². The number of fused-ring (bicyclic) bond motifs is 1. The van der Waals surface area contributed by atoms with Crippen molar-refractivity contribution in [1.29, 1.82) is 0 Å². The van der Waals surface area contributed by atoms with Gasteiger partial charge in [-0.25, -0.2) is 8.42 Å². The van der Waals surface area contributed by atoms with E-state index in [1.54, 1.807) is 16.7 Å². The molecule has 1 atom stereocenters. The van der Waals surface area contributed by atoms with Crippen LogP contribution >= 0.6 is 23.4 Å². The second kappa shape index (κ2) is 8.19. The third-order valence-corrected chi connectivity index (χ3v) is 8.91. The number of nitrogens with zero attached hydrogens (tertiary/aromatic N) is 1. The number of benzene rings is 2. The Bertz CT molecular complexity index is 1230. The second-order valence-corrected chi connectivity index (χ2v) is 11.9. The largest absolute Gasteiger partial charge is 0.451 e. The van der Waals surface area contributed by atoms with E-state index in [0.29, 0.717) is 28.5 Å². The maximum Gasteiger partial charge on any atom is 0.290 e. The third-order valence-electron chi connectivity index (χ3n) is 5.87. The SMILES string of the molecule is O=C(c1oc2ccccc2c1CSc1ccc(Cl)cc1)N(C1CC1)C1CCS(=O)(=O)C1. The van der Waals surface area contributed by atoms with Crippen LogP contribution in [0.2, 0.25) is 5.02 Å². The molecule has 31 heavy (non-hydrogen) atoms. The predicted octanol–water partition coefficient (Wildman–Crippen LogP) is 5.17. The number of hydrogen-bond acceptors (Lipinski definition) is 5. The Morgan fingerprint density at radius 2 is 1.81 bits per heavy atom. The van der Waals surface area contributed by atoms with E-state index in [2.05, 4.69) is 0 Å². The van der Waals surface area contributed by atoms with Crippen molar-refractivity contribution in [2.24, 2.45) is 0 Å². The number of carbonyl (C=O) groups is 1. The zero-order chi connectivity index (χ0) is 21.6. The Kier molecular flexibility index (Phi) is 5.52. The van der Waals surface area contributed by atoms with Gasteiger partial charge in [0.1, 0.15) is 5.58 Å². The topological polar surface area (TPSA) is 67.6 Å². The van der Waals surface area contributed by atoms with Crippen molar-refractivity contribution in [1.82, 2.24) is 4.90 Å². The molecule has 5 rings (SSSR count). The van der Waals surface area contributed by atoms with Crippen molar-refractivity contribution in [2.75, 3.05) is 11.5 Å². The summed E-state index contributed by atoms with van der Waals surface area (Å²) in [6.45, 7) is 0. The number of amides is 1. The zero-order valence-corrected chi connectivity index (χ0v) is 19.2. The number of hydrogen-bond donors (Lipinski definition) is 0. The van der Waals surface area contributed by atoms with Gasteiger partial charge in [-0.15, -0.1) is 11.8 Å². The predicted molar refractivity (Wildman–Crippen MR) is 123 cm³/mol. The maximum absolute atomic E-state index is 13.7. The highest BCUT2D eigenvalue weighted by Gasteiger charge is 2.43. The zero-order valence-electron chi connectivity index (χ0n) is 16.8. The van der Waals surface area contributed by atoms with E-state index in [-0.39, 0.29) is 29.5 Å². The molecule has 1 aliphatic heterocycles. The molecule has 0 bridgehead atoms. The number of sulfone groups is 1. The van der Waals surface area contributed by atoms with Crippen molar-refractivity contribution < 1.29 is 17.6 Å². The number of carbonyl (C=O) groups excluding carboxylic acids is 1. The van der Waals surface area contributed by atoms with Gasteiger partial charge >= 0.3 is 0 Å². The summed E-state index contributed by atoms with van der Waals surface area (Å²) < 4.78 is 30.2. The molecule has 2 aliphatic rings. The summed E-state index contributed by atoms with van der Waals surface area (Å²) >= 11 is 7.61. The van der Waals surface area contributed by atoms with Crippen LogP contribution in [0.1, 0.15) is 35.4 Å². The molecule has 0 radical (unpaired) electrons. The minimum absolute atomic E-state index is 0.0460. The van der Waals surface area contributed by atoms with Gasteiger partial charge in [0, 0.05) is 38.7 Å². The molecule has 162 valence electrons. The first-order valence-corrected chi connectivity index (χ1v) is 13.5. The van der Waals surface area contributed by atoms with Crippen molar-refractivity contribution in [3.05, 3.63) is 64.9 Å². The fraction of sp³-hybridized carbons (Fsp3) is 0.348. The van der Waals surface area contributed by atoms with E-state index in [1.807, 2.05) is 48.5 Å². The molecule has 2 aromatic carbocycles. The average Bonchev–Trinajstić information content (AvgIpc) is 3.41. The molecule has 1 saturated carbocycles. The van der Waals surface area contributed by atoms with Crippen molar-refractivity contribution in [3.63, 3.8) is 0 Å². The van der Waals surface area contributed by atoms with Crippen molar-refractivity contribution in [2.45, 2.75) is 42.0 Å². The molecule has 8 heteroatoms. The number of para-hydroxylation sites is 1. The smallest absolute Gasteiger partial charge is 0.290 e. The fourth-order valence-electron chi connectivity index (χ4n) is 4.20. The minimum atomic E-state index is -3.09. The summed E-state index contributed by atoms with van der Waals surface area (Å²) in [5.41, 5.74) is 1.53. The van der Waals surface area contributed by atoms with Crippen LogP contribution in [-0.2, 0) is 15.6 Å². The summed E-state index contributed by atoms with van der Waals surface area (Å²) in [6.07, 6.45) is 2.33. The van der Waals surface area contributed by atoms with Gasteiger partial charge in [0.25, 0.3) is 5.91 Å². The van der Waals surface area contributed by atoms with E-state index in [0.717, 1.165) is 28.7 Å². The highest BCUT2D eigenvalue weighted by molar-refractivity contribution is 7.98. The van der Waals surface area contributed by atoms with E-state index in [9.17, 15) is 13.2 Å². The molecule has 0 spiro atoms. The summed E-state index contributed by atoms with van der Waals surface area (Å²) in [4.78, 5) is 16.5. The molecule has 3 aromatic rings. The number of rotatable bonds is 6. The van der Waals surface area contributed by atoms with Crippen LogP contribution in [0.3, 0.4) is 0 Å². The summed E-state index contributed by atoms with van der Waals surface area (Å²) in [6, 6.07) is 15.1. The van der Waals surface area contributed by atoms with Crippen LogP contribution in [0.25, 0.3) is 11.0 Å². The third kappa shape index (κ3) is 4.36. The molecule has 2 fully saturated rings. The maximum atomic E-state index is 13.7. The van der Waals surface area contributed by atoms with Crippen molar-refractivity contribution in [3.8, 4) is 0 Å². The standard InChI is InChI=1S/C23H22ClNO4S2/c24-15-5-9-18(10-6-15)30-13-20-19-3-1-2-4-21(19)29-22(20)23(26)25(16-7-8-16)17-11-12-31(27,28)14-17/h1-6,9-10,16-17H,7-8,11-14H2. The first kappa shape index (κ1) is 20.9. The Labute approximate surface area is 190 Å². The van der Waals surface area contributed by atoms with Gasteiger partial charge in [-0.3, -0.25) is 4.79 Å². The number of furan rings is 1. The van der Waals surface area contributed by atoms with Crippen LogP contribution in [-0.4, -0.2) is 42.8 Å². The Hall–Kier alpha value is -1.96. The lowest BCUT2D eigenvalue weighted by molar-refractivity contribution is 0.0649. The van der Waals surface area contributed by atoms with Gasteiger partial charge in [0.05, 0.1) is 11.5 Å². The summed E-state index contributed by atoms with van der Waals surface area (Å²) in [5, 5.41) is 1.60. The lowest BCUT2D eigenvalue weighted by Crippen LogP contribution is -2.42. The molecule has 1 amide bonds. The lowest BCUT2D eigenvalue weighted by atomic mass is 10.1. The molecule has 1 aliphatic carbocycles. The molecule has 1 saturated heterocycles. The van der Waals surface area contributed by atoms with Crippen LogP contribution in [0, 0.1) is 0 Å². The normalized spacial score (nSPS) is 20.2. The van der Waals surface area contributed by atoms with Gasteiger partial charge in [0.15, 0.2) is 15.6 Å². The van der Waals surface area contributed by atoms with Crippen LogP contribution in [0.5, 0.6) is 0 Å². The Morgan fingerprint density at radius 1 is 1.06 bits per heavy atom. The summed E-state index contributed by atoms with van der Waals surface area (Å²) in [5.74, 6) is 0.908. The quantitative estimate of drug-likeness (QED) is 0.460. The van der Waals surface area contributed by atoms with E-state index in [4.69, 9.17) is 16.0 Å². The number of thioether (sulfide) groups is 1. The average molecular weight is 476 g/mol. The molecule has 1 aromatic heterocycles. The lowest BCUT2D eigenvalue weighted by Gasteiger charge is -2.27. The molecule has 2 heterocycles. The van der Waals surface area contributed by atoms with Gasteiger partial charge in [-0.1, -0.05) is 29.8 Å². The molecule has 1 unspecified atom stereocenters. The fourth-order valence-corrected chi connectivity index (χ4v) is 6.96. The highest BCUT2D eigenvalue weighted by Crippen LogP contribution is 2.37. The summed E-state index contributed by atoms with van der Waals surface area (Å²) in [7, 11) is -3.09. The second-order valence-electron chi connectivity index (χ2n) is 8.15. The highest BCUT2D eigenvalue weighted by atomic mass is 35.5. The number of halogens is 1. The van der Waals surface area contributed by atoms with Crippen molar-refractivity contribution >= 4 is 50.1 Å². The first-order chi connectivity index (χ1) is 14.9. The van der Waals surface area contributed by atoms with Gasteiger partial charge in [0.2, 0.25) is 0 Å². The van der Waals surface area contributed by atoms with E-state index in [1.165, 1.54) is 0 Å². The Morgan fingerprint density at radius 3 is 2.48 bits per heavy atom. The molecular weight excluding hydrogens is 454 g/mol. The molecule has 0 N–H and O–H groups in total. The van der Waals surface area contributed by atoms with E-state index >= 15 is 0 Å². The van der Waals surface area contributed by atoms with E-state index < -0.39 is 9.84 Å².